The van der Waals surface area contributed by atoms with E-state index in [4.69, 9.17) is 12.2 Å². The Morgan fingerprint density at radius 1 is 0.920 bits per heavy atom. The van der Waals surface area contributed by atoms with Crippen LogP contribution < -0.4 is 16.2 Å². The van der Waals surface area contributed by atoms with Crippen molar-refractivity contribution in [3.05, 3.63) is 65.7 Å². The molecule has 0 aliphatic carbocycles. The van der Waals surface area contributed by atoms with Gasteiger partial charge in [-0.3, -0.25) is 15.6 Å². The quantitative estimate of drug-likeness (QED) is 0.519. The van der Waals surface area contributed by atoms with E-state index in [-0.39, 0.29) is 5.91 Å². The lowest BCUT2D eigenvalue weighted by atomic mass is 10.1. The molecule has 0 saturated heterocycles. The highest BCUT2D eigenvalue weighted by Gasteiger charge is 2.03. The van der Waals surface area contributed by atoms with Gasteiger partial charge in [0.05, 0.1) is 0 Å². The third-order valence-corrected chi connectivity index (χ3v) is 4.03. The Balaban J connectivity index is 1.68. The van der Waals surface area contributed by atoms with Crippen LogP contribution in [0.3, 0.4) is 0 Å². The van der Waals surface area contributed by atoms with Gasteiger partial charge in [-0.05, 0) is 54.7 Å². The first kappa shape index (κ1) is 18.9. The number of benzene rings is 2. The van der Waals surface area contributed by atoms with Crippen molar-refractivity contribution in [3.8, 4) is 0 Å². The van der Waals surface area contributed by atoms with Crippen LogP contribution in [0, 0.1) is 0 Å². The maximum atomic E-state index is 11.9. The molecule has 5 heteroatoms. The van der Waals surface area contributed by atoms with E-state index in [0.717, 1.165) is 17.7 Å². The number of amides is 1. The summed E-state index contributed by atoms with van der Waals surface area (Å²) < 4.78 is 0. The number of rotatable bonds is 7. The molecule has 25 heavy (non-hydrogen) atoms. The number of nitrogens with one attached hydrogen (secondary N) is 3. The fraction of sp³-hybridized carbons (Fsp3) is 0.300. The van der Waals surface area contributed by atoms with Gasteiger partial charge in [0.25, 0.3) is 0 Å². The van der Waals surface area contributed by atoms with E-state index in [9.17, 15) is 4.79 Å². The SMILES string of the molecule is CCCCc1ccc(NC(=S)NNC(=O)CCc2ccccc2)cc1. The molecule has 4 nitrogen and oxygen atoms in total. The lowest BCUT2D eigenvalue weighted by molar-refractivity contribution is -0.121. The van der Waals surface area contributed by atoms with Crippen LogP contribution in [0.5, 0.6) is 0 Å². The number of hydrogen-bond acceptors (Lipinski definition) is 2. The van der Waals surface area contributed by atoms with E-state index >= 15 is 0 Å². The van der Waals surface area contributed by atoms with Crippen molar-refractivity contribution in [2.75, 3.05) is 5.32 Å². The Hall–Kier alpha value is -2.40. The third kappa shape index (κ3) is 7.35. The number of aryl methyl sites for hydroxylation is 2. The standard InChI is InChI=1S/C20H25N3OS/c1-2-3-7-17-10-13-18(14-11-17)21-20(25)23-22-19(24)15-12-16-8-5-4-6-9-16/h4-6,8-11,13-14H,2-3,7,12,15H2,1H3,(H,22,24)(H2,21,23,25). The summed E-state index contributed by atoms with van der Waals surface area (Å²) in [6.07, 6.45) is 4.59. The summed E-state index contributed by atoms with van der Waals surface area (Å²) in [6, 6.07) is 18.1. The van der Waals surface area contributed by atoms with Gasteiger partial charge in [-0.25, -0.2) is 0 Å². The Morgan fingerprint density at radius 3 is 2.28 bits per heavy atom. The average Bonchev–Trinajstić information content (AvgIpc) is 2.65. The van der Waals surface area contributed by atoms with Crippen LogP contribution in [0.2, 0.25) is 0 Å². The molecular weight excluding hydrogens is 330 g/mol. The molecule has 2 rings (SSSR count). The first-order valence-corrected chi connectivity index (χ1v) is 9.07. The van der Waals surface area contributed by atoms with Crippen LogP contribution in [0.4, 0.5) is 5.69 Å². The predicted molar refractivity (Wildman–Crippen MR) is 107 cm³/mol. The van der Waals surface area contributed by atoms with Gasteiger partial charge >= 0.3 is 0 Å². The second-order valence-corrected chi connectivity index (χ2v) is 6.32. The maximum absolute atomic E-state index is 11.9. The lowest BCUT2D eigenvalue weighted by Crippen LogP contribution is -2.43. The molecule has 0 spiro atoms. The normalized spacial score (nSPS) is 10.1. The van der Waals surface area contributed by atoms with Crippen LogP contribution in [0.1, 0.15) is 37.3 Å². The largest absolute Gasteiger partial charge is 0.331 e. The number of carbonyl (C=O) groups excluding carboxylic acids is 1. The van der Waals surface area contributed by atoms with Crippen LogP contribution >= 0.6 is 12.2 Å². The van der Waals surface area contributed by atoms with Crippen molar-refractivity contribution in [2.45, 2.75) is 39.0 Å². The monoisotopic (exact) mass is 355 g/mol. The van der Waals surface area contributed by atoms with Gasteiger partial charge in [0.2, 0.25) is 5.91 Å². The second-order valence-electron chi connectivity index (χ2n) is 5.91. The molecule has 1 amide bonds. The van der Waals surface area contributed by atoms with E-state index in [0.29, 0.717) is 18.0 Å². The summed E-state index contributed by atoms with van der Waals surface area (Å²) >= 11 is 5.20. The average molecular weight is 356 g/mol. The highest BCUT2D eigenvalue weighted by atomic mass is 32.1. The molecule has 2 aromatic rings. The zero-order valence-electron chi connectivity index (χ0n) is 14.5. The summed E-state index contributed by atoms with van der Waals surface area (Å²) in [5.74, 6) is -0.0945. The Labute approximate surface area is 155 Å². The molecule has 0 fully saturated rings. The molecule has 0 atom stereocenters. The Morgan fingerprint density at radius 2 is 1.60 bits per heavy atom. The summed E-state index contributed by atoms with van der Waals surface area (Å²) in [5, 5.41) is 3.43. The van der Waals surface area contributed by atoms with Crippen LogP contribution in [0.15, 0.2) is 54.6 Å². The van der Waals surface area contributed by atoms with Crippen LogP contribution in [-0.2, 0) is 17.6 Å². The topological polar surface area (TPSA) is 53.2 Å². The zero-order chi connectivity index (χ0) is 17.9. The molecule has 0 saturated carbocycles. The predicted octanol–water partition coefficient (Wildman–Crippen LogP) is 3.98. The second kappa shape index (κ2) is 10.5. The van der Waals surface area contributed by atoms with E-state index in [1.54, 1.807) is 0 Å². The Kier molecular flexibility index (Phi) is 7.92. The van der Waals surface area contributed by atoms with Crippen molar-refractivity contribution in [1.29, 1.82) is 0 Å². The van der Waals surface area contributed by atoms with E-state index in [1.807, 2.05) is 42.5 Å². The molecule has 2 aromatic carbocycles. The number of hydrazine groups is 1. The fourth-order valence-electron chi connectivity index (χ4n) is 2.39. The maximum Gasteiger partial charge on any atom is 0.238 e. The van der Waals surface area contributed by atoms with E-state index in [1.165, 1.54) is 18.4 Å². The van der Waals surface area contributed by atoms with Gasteiger partial charge in [-0.2, -0.15) is 0 Å². The molecule has 0 unspecified atom stereocenters. The molecule has 0 heterocycles. The minimum absolute atomic E-state index is 0.0945. The summed E-state index contributed by atoms with van der Waals surface area (Å²) in [4.78, 5) is 11.9. The number of anilines is 1. The van der Waals surface area contributed by atoms with E-state index in [2.05, 4.69) is 35.2 Å². The molecular formula is C20H25N3OS. The smallest absolute Gasteiger partial charge is 0.238 e. The van der Waals surface area contributed by atoms with Crippen molar-refractivity contribution in [1.82, 2.24) is 10.9 Å². The van der Waals surface area contributed by atoms with Gasteiger partial charge in [0.15, 0.2) is 5.11 Å². The van der Waals surface area contributed by atoms with E-state index < -0.39 is 0 Å². The highest BCUT2D eigenvalue weighted by molar-refractivity contribution is 7.80. The van der Waals surface area contributed by atoms with Crippen LogP contribution in [0.25, 0.3) is 0 Å². The molecule has 0 aliphatic heterocycles. The number of carbonyl (C=O) groups is 1. The van der Waals surface area contributed by atoms with Crippen molar-refractivity contribution < 1.29 is 4.79 Å². The first-order valence-electron chi connectivity index (χ1n) is 8.66. The number of unbranched alkanes of at least 4 members (excludes halogenated alkanes) is 1. The Bertz CT molecular complexity index is 671. The zero-order valence-corrected chi connectivity index (χ0v) is 15.4. The minimum Gasteiger partial charge on any atom is -0.331 e. The van der Waals surface area contributed by atoms with Gasteiger partial charge in [-0.1, -0.05) is 55.8 Å². The third-order valence-electron chi connectivity index (χ3n) is 3.83. The summed E-state index contributed by atoms with van der Waals surface area (Å²) in [5.41, 5.74) is 8.72. The van der Waals surface area contributed by atoms with Gasteiger partial charge in [0.1, 0.15) is 0 Å². The van der Waals surface area contributed by atoms with Gasteiger partial charge < -0.3 is 5.32 Å². The summed E-state index contributed by atoms with van der Waals surface area (Å²) in [6.45, 7) is 2.19. The highest BCUT2D eigenvalue weighted by Crippen LogP contribution is 2.11. The number of hydrogen-bond donors (Lipinski definition) is 3. The molecule has 0 aliphatic rings. The van der Waals surface area contributed by atoms with Gasteiger partial charge in [-0.15, -0.1) is 0 Å². The van der Waals surface area contributed by atoms with Crippen molar-refractivity contribution >= 4 is 28.9 Å². The lowest BCUT2D eigenvalue weighted by Gasteiger charge is -2.12. The van der Waals surface area contributed by atoms with Crippen LogP contribution in [-0.4, -0.2) is 11.0 Å². The van der Waals surface area contributed by atoms with Crippen molar-refractivity contribution in [3.63, 3.8) is 0 Å². The van der Waals surface area contributed by atoms with Crippen molar-refractivity contribution in [2.24, 2.45) is 0 Å². The molecule has 0 bridgehead atoms. The molecule has 3 N–H and O–H groups in total. The van der Waals surface area contributed by atoms with Gasteiger partial charge in [0, 0.05) is 12.1 Å². The molecule has 132 valence electrons. The molecule has 0 aromatic heterocycles. The minimum atomic E-state index is -0.0945. The summed E-state index contributed by atoms with van der Waals surface area (Å²) in [7, 11) is 0. The fourth-order valence-corrected chi connectivity index (χ4v) is 2.56. The first-order chi connectivity index (χ1) is 12.2. The molecule has 0 radical (unpaired) electrons. The number of thiocarbonyl (C=S) groups is 1.